The topological polar surface area (TPSA) is 69.2 Å². The minimum atomic E-state index is 0.0995. The lowest BCUT2D eigenvalue weighted by molar-refractivity contribution is 0.118. The molecule has 0 aliphatic rings. The minimum Gasteiger partial charge on any atom is -0.467 e. The highest BCUT2D eigenvalue weighted by Crippen LogP contribution is 2.10. The van der Waals surface area contributed by atoms with Gasteiger partial charge in [-0.05, 0) is 17.5 Å². The Labute approximate surface area is 106 Å². The van der Waals surface area contributed by atoms with Crippen molar-refractivity contribution in [1.82, 2.24) is 15.0 Å². The molecule has 0 saturated heterocycles. The Kier molecular flexibility index (Phi) is 5.93. The van der Waals surface area contributed by atoms with E-state index in [-0.39, 0.29) is 11.3 Å². The third kappa shape index (κ3) is 5.65. The summed E-state index contributed by atoms with van der Waals surface area (Å²) in [5.74, 6) is 0.914. The molecule has 0 aliphatic heterocycles. The van der Waals surface area contributed by atoms with Gasteiger partial charge in [0.1, 0.15) is 0 Å². The Morgan fingerprint density at radius 3 is 2.71 bits per heavy atom. The summed E-state index contributed by atoms with van der Waals surface area (Å²) in [4.78, 5) is 11.7. The van der Waals surface area contributed by atoms with Crippen LogP contribution in [0.4, 0.5) is 5.95 Å². The second-order valence-corrected chi connectivity index (χ2v) is 4.15. The number of methoxy groups -OCH3 is 1. The number of rotatable bonds is 7. The van der Waals surface area contributed by atoms with Gasteiger partial charge in [-0.2, -0.15) is 15.0 Å². The molecule has 0 saturated carbocycles. The zero-order valence-electron chi connectivity index (χ0n) is 10.2. The lowest BCUT2D eigenvalue weighted by Gasteiger charge is -2.08. The summed E-state index contributed by atoms with van der Waals surface area (Å²) in [6.07, 6.45) is 0. The zero-order chi connectivity index (χ0) is 12.7. The highest BCUT2D eigenvalue weighted by Gasteiger charge is 2.04. The Hall–Kier alpha value is -1.14. The van der Waals surface area contributed by atoms with Gasteiger partial charge < -0.3 is 14.8 Å². The Balaban J connectivity index is 2.33. The maximum absolute atomic E-state index is 5.70. The molecule has 1 rings (SSSR count). The van der Waals surface area contributed by atoms with Crippen LogP contribution in [-0.2, 0) is 4.74 Å². The van der Waals surface area contributed by atoms with Crippen LogP contribution in [0.25, 0.3) is 0 Å². The van der Waals surface area contributed by atoms with Crippen molar-refractivity contribution in [3.8, 4) is 6.01 Å². The van der Waals surface area contributed by atoms with Crippen molar-refractivity contribution >= 4 is 17.5 Å². The Morgan fingerprint density at radius 1 is 1.29 bits per heavy atom. The van der Waals surface area contributed by atoms with Gasteiger partial charge in [-0.3, -0.25) is 0 Å². The minimum absolute atomic E-state index is 0.0995. The monoisotopic (exact) mass is 260 g/mol. The Morgan fingerprint density at radius 2 is 2.06 bits per heavy atom. The molecule has 0 spiro atoms. The van der Waals surface area contributed by atoms with Gasteiger partial charge in [0.15, 0.2) is 0 Å². The molecule has 0 aromatic carbocycles. The molecule has 0 atom stereocenters. The molecule has 0 unspecified atom stereocenters. The molecule has 96 valence electrons. The molecule has 1 heterocycles. The van der Waals surface area contributed by atoms with Crippen LogP contribution >= 0.6 is 11.6 Å². The summed E-state index contributed by atoms with van der Waals surface area (Å²) >= 11 is 5.70. The molecular weight excluding hydrogens is 244 g/mol. The normalized spacial score (nSPS) is 10.6. The molecule has 0 bridgehead atoms. The molecule has 0 radical (unpaired) electrons. The first-order chi connectivity index (χ1) is 8.11. The second kappa shape index (κ2) is 7.24. The third-order valence-electron chi connectivity index (χ3n) is 1.75. The van der Waals surface area contributed by atoms with Crippen LogP contribution < -0.4 is 10.1 Å². The van der Waals surface area contributed by atoms with Gasteiger partial charge in [-0.1, -0.05) is 13.8 Å². The van der Waals surface area contributed by atoms with Gasteiger partial charge in [0.2, 0.25) is 11.2 Å². The molecule has 17 heavy (non-hydrogen) atoms. The maximum Gasteiger partial charge on any atom is 0.322 e. The van der Waals surface area contributed by atoms with E-state index >= 15 is 0 Å². The summed E-state index contributed by atoms with van der Waals surface area (Å²) in [5.41, 5.74) is 0. The van der Waals surface area contributed by atoms with Crippen LogP contribution in [0.2, 0.25) is 5.28 Å². The number of hydrogen-bond donors (Lipinski definition) is 1. The van der Waals surface area contributed by atoms with Gasteiger partial charge in [-0.25, -0.2) is 0 Å². The number of aromatic nitrogens is 3. The lowest BCUT2D eigenvalue weighted by atomic mass is 10.2. The predicted octanol–water partition coefficient (Wildman–Crippen LogP) is 1.62. The van der Waals surface area contributed by atoms with E-state index in [4.69, 9.17) is 21.1 Å². The van der Waals surface area contributed by atoms with E-state index in [9.17, 15) is 0 Å². The first-order valence-corrected chi connectivity index (χ1v) is 5.76. The maximum atomic E-state index is 5.70. The van der Waals surface area contributed by atoms with Crippen molar-refractivity contribution in [2.45, 2.75) is 13.8 Å². The SMILES string of the molecule is COc1nc(Cl)nc(NCCOCC(C)C)n1. The van der Waals surface area contributed by atoms with Crippen LogP contribution in [0.1, 0.15) is 13.8 Å². The van der Waals surface area contributed by atoms with E-state index in [1.807, 2.05) is 0 Å². The second-order valence-electron chi connectivity index (χ2n) is 3.81. The van der Waals surface area contributed by atoms with Crippen molar-refractivity contribution < 1.29 is 9.47 Å². The standard InChI is InChI=1S/C10H17ClN4O2/c1-7(2)6-17-5-4-12-9-13-8(11)14-10(15-9)16-3/h7H,4-6H2,1-3H3,(H,12,13,14,15). The highest BCUT2D eigenvalue weighted by atomic mass is 35.5. The van der Waals surface area contributed by atoms with Gasteiger partial charge in [0.05, 0.1) is 13.7 Å². The fourth-order valence-electron chi connectivity index (χ4n) is 1.06. The van der Waals surface area contributed by atoms with E-state index in [1.165, 1.54) is 7.11 Å². The summed E-state index contributed by atoms with van der Waals surface area (Å²) < 4.78 is 10.3. The van der Waals surface area contributed by atoms with Gasteiger partial charge in [-0.15, -0.1) is 0 Å². The molecule has 0 fully saturated rings. The highest BCUT2D eigenvalue weighted by molar-refractivity contribution is 6.28. The van der Waals surface area contributed by atoms with Crippen molar-refractivity contribution in [2.24, 2.45) is 5.92 Å². The molecule has 7 heteroatoms. The first kappa shape index (κ1) is 13.9. The molecule has 1 N–H and O–H groups in total. The number of anilines is 1. The van der Waals surface area contributed by atoms with Crippen LogP contribution in [-0.4, -0.2) is 41.8 Å². The molecule has 1 aromatic heterocycles. The molecule has 0 aliphatic carbocycles. The number of nitrogens with zero attached hydrogens (tertiary/aromatic N) is 3. The van der Waals surface area contributed by atoms with Crippen molar-refractivity contribution in [3.05, 3.63) is 5.28 Å². The van der Waals surface area contributed by atoms with Gasteiger partial charge >= 0.3 is 6.01 Å². The summed E-state index contributed by atoms with van der Waals surface area (Å²) in [6, 6.07) is 0.190. The van der Waals surface area contributed by atoms with Crippen LogP contribution in [0.5, 0.6) is 6.01 Å². The molecule has 1 aromatic rings. The van der Waals surface area contributed by atoms with Crippen LogP contribution in [0.3, 0.4) is 0 Å². The number of nitrogens with one attached hydrogen (secondary N) is 1. The fourth-order valence-corrected chi connectivity index (χ4v) is 1.21. The van der Waals surface area contributed by atoms with Crippen LogP contribution in [0, 0.1) is 5.92 Å². The third-order valence-corrected chi connectivity index (χ3v) is 1.92. The smallest absolute Gasteiger partial charge is 0.322 e. The van der Waals surface area contributed by atoms with Crippen molar-refractivity contribution in [2.75, 3.05) is 32.2 Å². The summed E-state index contributed by atoms with van der Waals surface area (Å²) in [5, 5.41) is 3.08. The molecule has 0 amide bonds. The quantitative estimate of drug-likeness (QED) is 0.752. The van der Waals surface area contributed by atoms with E-state index in [0.717, 1.165) is 6.61 Å². The average molecular weight is 261 g/mol. The number of halogens is 1. The van der Waals surface area contributed by atoms with E-state index in [0.29, 0.717) is 25.0 Å². The van der Waals surface area contributed by atoms with Crippen molar-refractivity contribution in [1.29, 1.82) is 0 Å². The van der Waals surface area contributed by atoms with Crippen molar-refractivity contribution in [3.63, 3.8) is 0 Å². The number of ether oxygens (including phenoxy) is 2. The molecule has 6 nitrogen and oxygen atoms in total. The van der Waals surface area contributed by atoms with E-state index in [1.54, 1.807) is 0 Å². The fraction of sp³-hybridized carbons (Fsp3) is 0.700. The Bertz CT molecular complexity index is 349. The average Bonchev–Trinajstić information content (AvgIpc) is 2.27. The van der Waals surface area contributed by atoms with E-state index < -0.39 is 0 Å². The van der Waals surface area contributed by atoms with Crippen LogP contribution in [0.15, 0.2) is 0 Å². The number of hydrogen-bond acceptors (Lipinski definition) is 6. The first-order valence-electron chi connectivity index (χ1n) is 5.39. The lowest BCUT2D eigenvalue weighted by Crippen LogP contribution is -2.14. The van der Waals surface area contributed by atoms with E-state index in [2.05, 4.69) is 34.1 Å². The largest absolute Gasteiger partial charge is 0.467 e. The van der Waals surface area contributed by atoms with Gasteiger partial charge in [0, 0.05) is 13.2 Å². The molecular formula is C10H17ClN4O2. The summed E-state index contributed by atoms with van der Waals surface area (Å²) in [7, 11) is 1.47. The predicted molar refractivity (Wildman–Crippen MR) is 65.5 cm³/mol. The van der Waals surface area contributed by atoms with Gasteiger partial charge in [0.25, 0.3) is 0 Å². The summed E-state index contributed by atoms with van der Waals surface area (Å²) in [6.45, 7) is 6.14. The zero-order valence-corrected chi connectivity index (χ0v) is 11.0.